The van der Waals surface area contributed by atoms with Gasteiger partial charge >= 0.3 is 0 Å². The van der Waals surface area contributed by atoms with E-state index in [4.69, 9.17) is 0 Å². The van der Waals surface area contributed by atoms with E-state index in [1.54, 1.807) is 0 Å². The van der Waals surface area contributed by atoms with Gasteiger partial charge in [-0.15, -0.1) is 0 Å². The molecule has 0 aliphatic rings. The van der Waals surface area contributed by atoms with Gasteiger partial charge in [0.05, 0.1) is 0 Å². The summed E-state index contributed by atoms with van der Waals surface area (Å²) < 4.78 is 0. The van der Waals surface area contributed by atoms with E-state index in [1.807, 2.05) is 0 Å². The van der Waals surface area contributed by atoms with Crippen LogP contribution in [-0.2, 0) is 0 Å². The summed E-state index contributed by atoms with van der Waals surface area (Å²) in [5.41, 5.74) is 12.3. The minimum atomic E-state index is 1.20. The minimum Gasteiger partial charge on any atom is -0.0622 e. The van der Waals surface area contributed by atoms with E-state index < -0.39 is 0 Å². The Hall–Kier alpha value is -6.24. The maximum Gasteiger partial charge on any atom is -0.00259 e. The van der Waals surface area contributed by atoms with Gasteiger partial charge in [0.2, 0.25) is 0 Å². The third-order valence-corrected chi connectivity index (χ3v) is 9.62. The molecule has 0 unspecified atom stereocenters. The first kappa shape index (κ1) is 28.0. The Kier molecular flexibility index (Phi) is 6.91. The van der Waals surface area contributed by atoms with Crippen molar-refractivity contribution in [2.24, 2.45) is 0 Å². The van der Waals surface area contributed by atoms with Crippen LogP contribution in [0.4, 0.5) is 0 Å². The van der Waals surface area contributed by atoms with E-state index in [9.17, 15) is 0 Å². The molecule has 0 heterocycles. The Labute approximate surface area is 281 Å². The molecule has 0 fully saturated rings. The van der Waals surface area contributed by atoms with Gasteiger partial charge in [0, 0.05) is 0 Å². The molecule has 0 radical (unpaired) electrons. The van der Waals surface area contributed by atoms with Gasteiger partial charge < -0.3 is 0 Å². The molecule has 0 nitrogen and oxygen atoms in total. The van der Waals surface area contributed by atoms with Crippen molar-refractivity contribution in [3.05, 3.63) is 194 Å². The van der Waals surface area contributed by atoms with Gasteiger partial charge in [-0.3, -0.25) is 0 Å². The average molecular weight is 609 g/mol. The molecule has 0 amide bonds. The van der Waals surface area contributed by atoms with Crippen molar-refractivity contribution < 1.29 is 0 Å². The van der Waals surface area contributed by atoms with E-state index >= 15 is 0 Å². The van der Waals surface area contributed by atoms with E-state index in [1.165, 1.54) is 88.0 Å². The van der Waals surface area contributed by atoms with Crippen LogP contribution in [0.5, 0.6) is 0 Å². The van der Waals surface area contributed by atoms with Crippen LogP contribution in [0.2, 0.25) is 0 Å². The van der Waals surface area contributed by atoms with E-state index in [2.05, 4.69) is 194 Å². The summed E-state index contributed by atoms with van der Waals surface area (Å²) in [5, 5.41) is 7.56. The molecule has 9 aromatic rings. The predicted molar refractivity (Wildman–Crippen MR) is 206 cm³/mol. The van der Waals surface area contributed by atoms with Crippen LogP contribution in [0.1, 0.15) is 0 Å². The molecule has 0 aliphatic heterocycles. The highest BCUT2D eigenvalue weighted by atomic mass is 14.2. The second kappa shape index (κ2) is 11.8. The van der Waals surface area contributed by atoms with E-state index in [-0.39, 0.29) is 0 Å². The highest BCUT2D eigenvalue weighted by Gasteiger charge is 2.18. The molecule has 0 atom stereocenters. The summed E-state index contributed by atoms with van der Waals surface area (Å²) in [6, 6.07) is 70.8. The second-order valence-corrected chi connectivity index (χ2v) is 12.5. The molecule has 0 saturated heterocycles. The summed E-state index contributed by atoms with van der Waals surface area (Å²) >= 11 is 0. The fraction of sp³-hybridized carbons (Fsp3) is 0. The molecule has 0 spiro atoms. The van der Waals surface area contributed by atoms with Crippen molar-refractivity contribution in [2.45, 2.75) is 0 Å². The molecular formula is C48H32. The van der Waals surface area contributed by atoms with Gasteiger partial charge in [-0.2, -0.15) is 0 Å². The molecule has 0 aliphatic carbocycles. The zero-order valence-electron chi connectivity index (χ0n) is 26.5. The summed E-state index contributed by atoms with van der Waals surface area (Å²) in [6.07, 6.45) is 0. The van der Waals surface area contributed by atoms with Crippen LogP contribution in [0.15, 0.2) is 194 Å². The highest BCUT2D eigenvalue weighted by molar-refractivity contribution is 6.22. The summed E-state index contributed by atoms with van der Waals surface area (Å²) in [5.74, 6) is 0. The zero-order valence-corrected chi connectivity index (χ0v) is 26.5. The monoisotopic (exact) mass is 608 g/mol. The fourth-order valence-corrected chi connectivity index (χ4v) is 7.32. The lowest BCUT2D eigenvalue weighted by atomic mass is 9.84. The van der Waals surface area contributed by atoms with Gasteiger partial charge in [0.25, 0.3) is 0 Å². The first-order valence-electron chi connectivity index (χ1n) is 16.6. The van der Waals surface area contributed by atoms with Crippen molar-refractivity contribution >= 4 is 32.3 Å². The van der Waals surface area contributed by atoms with E-state index in [0.717, 1.165) is 0 Å². The van der Waals surface area contributed by atoms with Crippen molar-refractivity contribution in [3.63, 3.8) is 0 Å². The van der Waals surface area contributed by atoms with Crippen molar-refractivity contribution in [3.8, 4) is 55.6 Å². The maximum atomic E-state index is 2.38. The number of hydrogen-bond acceptors (Lipinski definition) is 0. The lowest BCUT2D eigenvalue weighted by Gasteiger charge is -2.19. The Morgan fingerprint density at radius 2 is 0.542 bits per heavy atom. The Bertz CT molecular complexity index is 2520. The number of hydrogen-bond donors (Lipinski definition) is 0. The van der Waals surface area contributed by atoms with Crippen LogP contribution in [0, 0.1) is 0 Å². The quantitative estimate of drug-likeness (QED) is 0.171. The maximum absolute atomic E-state index is 2.38. The number of benzene rings is 9. The third kappa shape index (κ3) is 4.96. The largest absolute Gasteiger partial charge is 0.0622 e. The summed E-state index contributed by atoms with van der Waals surface area (Å²) in [7, 11) is 0. The molecule has 9 rings (SSSR count). The van der Waals surface area contributed by atoms with Gasteiger partial charge in [-0.25, -0.2) is 0 Å². The smallest absolute Gasteiger partial charge is 0.00259 e. The molecule has 0 N–H and O–H groups in total. The summed E-state index contributed by atoms with van der Waals surface area (Å²) in [6.45, 7) is 0. The van der Waals surface area contributed by atoms with E-state index in [0.29, 0.717) is 0 Å². The lowest BCUT2D eigenvalue weighted by molar-refractivity contribution is 1.57. The Morgan fingerprint density at radius 1 is 0.188 bits per heavy atom. The van der Waals surface area contributed by atoms with Crippen LogP contribution >= 0.6 is 0 Å². The predicted octanol–water partition coefficient (Wildman–Crippen LogP) is 13.5. The first-order chi connectivity index (χ1) is 23.8. The lowest BCUT2D eigenvalue weighted by Crippen LogP contribution is -1.92. The van der Waals surface area contributed by atoms with Crippen LogP contribution in [-0.4, -0.2) is 0 Å². The normalized spacial score (nSPS) is 11.3. The summed E-state index contributed by atoms with van der Waals surface area (Å²) in [4.78, 5) is 0. The molecular weight excluding hydrogens is 577 g/mol. The molecule has 224 valence electrons. The molecule has 0 heteroatoms. The fourth-order valence-electron chi connectivity index (χ4n) is 7.32. The van der Waals surface area contributed by atoms with Crippen molar-refractivity contribution in [1.82, 2.24) is 0 Å². The minimum absolute atomic E-state index is 1.20. The van der Waals surface area contributed by atoms with Crippen molar-refractivity contribution in [1.29, 1.82) is 0 Å². The standard InChI is InChI=1S/C48H32/c1-3-13-33(14-4-1)36-23-25-37(26-24-36)41-30-40(34-15-5-2-6-16-34)31-42(32-41)48-45-21-11-9-19-43(45)47(44-20-10-12-22-46(44)48)39-28-27-35-17-7-8-18-38(35)29-39/h1-32H. The van der Waals surface area contributed by atoms with Gasteiger partial charge in [0.1, 0.15) is 0 Å². The zero-order chi connectivity index (χ0) is 31.9. The van der Waals surface area contributed by atoms with Gasteiger partial charge in [-0.1, -0.05) is 170 Å². The van der Waals surface area contributed by atoms with Crippen LogP contribution in [0.3, 0.4) is 0 Å². The van der Waals surface area contributed by atoms with Gasteiger partial charge in [-0.05, 0) is 112 Å². The van der Waals surface area contributed by atoms with Gasteiger partial charge in [0.15, 0.2) is 0 Å². The van der Waals surface area contributed by atoms with Crippen LogP contribution < -0.4 is 0 Å². The second-order valence-electron chi connectivity index (χ2n) is 12.5. The topological polar surface area (TPSA) is 0 Å². The first-order valence-corrected chi connectivity index (χ1v) is 16.6. The average Bonchev–Trinajstić information content (AvgIpc) is 3.17. The Balaban J connectivity index is 1.30. The van der Waals surface area contributed by atoms with Crippen LogP contribution in [0.25, 0.3) is 88.0 Å². The molecule has 0 saturated carbocycles. The molecule has 0 aromatic heterocycles. The molecule has 48 heavy (non-hydrogen) atoms. The Morgan fingerprint density at radius 3 is 1.08 bits per heavy atom. The number of rotatable bonds is 5. The number of fused-ring (bicyclic) bond motifs is 3. The van der Waals surface area contributed by atoms with Crippen molar-refractivity contribution in [2.75, 3.05) is 0 Å². The SMILES string of the molecule is c1ccc(-c2ccc(-c3cc(-c4ccccc4)cc(-c4c5ccccc5c(-c5ccc6ccccc6c5)c5ccccc45)c3)cc2)cc1. The molecule has 0 bridgehead atoms. The third-order valence-electron chi connectivity index (χ3n) is 9.62. The molecule has 9 aromatic carbocycles. The highest BCUT2D eigenvalue weighted by Crippen LogP contribution is 2.45.